The minimum Gasteiger partial charge on any atom is -0.336 e. The molecule has 1 unspecified atom stereocenters. The largest absolute Gasteiger partial charge is 0.336 e. The fraction of sp³-hybridized carbons (Fsp3) is 0.714. The van der Waals surface area contributed by atoms with Gasteiger partial charge in [-0.15, -0.1) is 0 Å². The molecule has 1 aromatic heterocycles. The highest BCUT2D eigenvalue weighted by molar-refractivity contribution is 5.88. The summed E-state index contributed by atoms with van der Waals surface area (Å²) in [6.45, 7) is 8.00. The van der Waals surface area contributed by atoms with Crippen LogP contribution in [0, 0.1) is 0 Å². The Labute approximate surface area is 120 Å². The van der Waals surface area contributed by atoms with E-state index in [4.69, 9.17) is 0 Å². The van der Waals surface area contributed by atoms with Gasteiger partial charge in [0.2, 0.25) is 0 Å². The average Bonchev–Trinajstić information content (AvgIpc) is 3.11. The molecule has 2 N–H and O–H groups in total. The summed E-state index contributed by atoms with van der Waals surface area (Å²) >= 11 is 0. The van der Waals surface area contributed by atoms with Gasteiger partial charge in [0.25, 0.3) is 0 Å². The summed E-state index contributed by atoms with van der Waals surface area (Å²) in [7, 11) is 0. The summed E-state index contributed by atoms with van der Waals surface area (Å²) in [5.41, 5.74) is 0.735. The van der Waals surface area contributed by atoms with Crippen molar-refractivity contribution in [2.24, 2.45) is 0 Å². The maximum absolute atomic E-state index is 11.9. The van der Waals surface area contributed by atoms with Crippen molar-refractivity contribution in [3.63, 3.8) is 0 Å². The van der Waals surface area contributed by atoms with Crippen molar-refractivity contribution in [2.75, 3.05) is 25.0 Å². The van der Waals surface area contributed by atoms with E-state index >= 15 is 0 Å². The molecule has 6 nitrogen and oxygen atoms in total. The number of nitrogens with one attached hydrogen (secondary N) is 2. The highest BCUT2D eigenvalue weighted by atomic mass is 16.2. The molecule has 1 aliphatic rings. The van der Waals surface area contributed by atoms with Crippen molar-refractivity contribution >= 4 is 11.7 Å². The molecule has 2 amide bonds. The second-order valence-corrected chi connectivity index (χ2v) is 5.22. The summed E-state index contributed by atoms with van der Waals surface area (Å²) in [5, 5.41) is 9.90. The van der Waals surface area contributed by atoms with Crippen molar-refractivity contribution < 1.29 is 4.79 Å². The molecule has 112 valence electrons. The quantitative estimate of drug-likeness (QED) is 0.836. The standard InChI is InChI=1S/C14H25N5O/c1-3-13(18-7-5-6-8-18)10-15-14(20)17-12-9-16-19(4-2)11-12/h9,11,13H,3-8,10H2,1-2H3,(H2,15,17,20). The van der Waals surface area contributed by atoms with Crippen LogP contribution in [0.15, 0.2) is 12.4 Å². The van der Waals surface area contributed by atoms with E-state index in [1.807, 2.05) is 13.1 Å². The first-order chi connectivity index (χ1) is 9.72. The SMILES string of the molecule is CCC(CNC(=O)Nc1cnn(CC)c1)N1CCCC1. The number of nitrogens with zero attached hydrogens (tertiary/aromatic N) is 3. The lowest BCUT2D eigenvalue weighted by Crippen LogP contribution is -2.43. The molecular weight excluding hydrogens is 254 g/mol. The van der Waals surface area contributed by atoms with Crippen molar-refractivity contribution in [3.8, 4) is 0 Å². The van der Waals surface area contributed by atoms with Crippen LogP contribution >= 0.6 is 0 Å². The Balaban J connectivity index is 1.75. The van der Waals surface area contributed by atoms with E-state index in [1.165, 1.54) is 12.8 Å². The molecule has 0 saturated carbocycles. The molecule has 0 bridgehead atoms. The molecule has 1 atom stereocenters. The fourth-order valence-electron chi connectivity index (χ4n) is 2.63. The van der Waals surface area contributed by atoms with Gasteiger partial charge in [-0.2, -0.15) is 5.10 Å². The van der Waals surface area contributed by atoms with E-state index in [-0.39, 0.29) is 6.03 Å². The lowest BCUT2D eigenvalue weighted by Gasteiger charge is -2.26. The zero-order valence-electron chi connectivity index (χ0n) is 12.4. The first kappa shape index (κ1) is 14.8. The first-order valence-corrected chi connectivity index (χ1v) is 7.54. The summed E-state index contributed by atoms with van der Waals surface area (Å²) in [6, 6.07) is 0.292. The fourth-order valence-corrected chi connectivity index (χ4v) is 2.63. The van der Waals surface area contributed by atoms with E-state index in [1.54, 1.807) is 10.9 Å². The number of hydrogen-bond acceptors (Lipinski definition) is 3. The van der Waals surface area contributed by atoms with Crippen LogP contribution in [-0.2, 0) is 6.54 Å². The topological polar surface area (TPSA) is 62.2 Å². The monoisotopic (exact) mass is 279 g/mol. The highest BCUT2D eigenvalue weighted by Gasteiger charge is 2.20. The number of aromatic nitrogens is 2. The van der Waals surface area contributed by atoms with Gasteiger partial charge < -0.3 is 10.6 Å². The Bertz CT molecular complexity index is 425. The van der Waals surface area contributed by atoms with Crippen molar-refractivity contribution in [3.05, 3.63) is 12.4 Å². The van der Waals surface area contributed by atoms with Gasteiger partial charge in [-0.25, -0.2) is 4.79 Å². The molecule has 2 rings (SSSR count). The predicted octanol–water partition coefficient (Wildman–Crippen LogP) is 1.90. The molecule has 2 heterocycles. The van der Waals surface area contributed by atoms with Crippen molar-refractivity contribution in [1.29, 1.82) is 0 Å². The van der Waals surface area contributed by atoms with Crippen molar-refractivity contribution in [1.82, 2.24) is 20.0 Å². The number of carbonyl (C=O) groups is 1. The smallest absolute Gasteiger partial charge is 0.319 e. The van der Waals surface area contributed by atoms with Gasteiger partial charge in [-0.1, -0.05) is 6.92 Å². The van der Waals surface area contributed by atoms with Crippen molar-refractivity contribution in [2.45, 2.75) is 45.7 Å². The number of carbonyl (C=O) groups excluding carboxylic acids is 1. The number of rotatable bonds is 6. The minimum atomic E-state index is -0.154. The van der Waals surface area contributed by atoms with Gasteiger partial charge in [-0.05, 0) is 39.3 Å². The lowest BCUT2D eigenvalue weighted by molar-refractivity contribution is 0.222. The summed E-state index contributed by atoms with van der Waals surface area (Å²) in [6.07, 6.45) is 7.12. The third-order valence-corrected chi connectivity index (χ3v) is 3.84. The second kappa shape index (κ2) is 7.28. The molecule has 1 aliphatic heterocycles. The molecule has 0 aromatic carbocycles. The van der Waals surface area contributed by atoms with Crippen LogP contribution < -0.4 is 10.6 Å². The molecule has 20 heavy (non-hydrogen) atoms. The number of hydrogen-bond donors (Lipinski definition) is 2. The van der Waals surface area contributed by atoms with E-state index in [0.29, 0.717) is 12.6 Å². The maximum atomic E-state index is 11.9. The van der Waals surface area contributed by atoms with Gasteiger partial charge >= 0.3 is 6.03 Å². The van der Waals surface area contributed by atoms with Gasteiger partial charge in [-0.3, -0.25) is 9.58 Å². The number of aryl methyl sites for hydroxylation is 1. The number of amides is 2. The Hall–Kier alpha value is -1.56. The third-order valence-electron chi connectivity index (χ3n) is 3.84. The zero-order chi connectivity index (χ0) is 14.4. The van der Waals surface area contributed by atoms with E-state index in [2.05, 4.69) is 27.6 Å². The summed E-state index contributed by atoms with van der Waals surface area (Å²) in [4.78, 5) is 14.3. The van der Waals surface area contributed by atoms with Crippen LogP contribution in [0.4, 0.5) is 10.5 Å². The van der Waals surface area contributed by atoms with Crippen LogP contribution in [0.2, 0.25) is 0 Å². The minimum absolute atomic E-state index is 0.154. The third kappa shape index (κ3) is 3.96. The normalized spacial score (nSPS) is 17.1. The Kier molecular flexibility index (Phi) is 5.40. The van der Waals surface area contributed by atoms with E-state index < -0.39 is 0 Å². The van der Waals surface area contributed by atoms with Gasteiger partial charge in [0.05, 0.1) is 11.9 Å². The summed E-state index contributed by atoms with van der Waals surface area (Å²) in [5.74, 6) is 0. The number of anilines is 1. The Morgan fingerprint density at radius 2 is 2.15 bits per heavy atom. The Morgan fingerprint density at radius 3 is 2.75 bits per heavy atom. The number of likely N-dealkylation sites (tertiary alicyclic amines) is 1. The van der Waals surface area contributed by atoms with Crippen LogP contribution in [0.25, 0.3) is 0 Å². The molecule has 0 spiro atoms. The summed E-state index contributed by atoms with van der Waals surface area (Å²) < 4.78 is 1.79. The lowest BCUT2D eigenvalue weighted by atomic mass is 10.2. The van der Waals surface area contributed by atoms with Crippen LogP contribution in [0.3, 0.4) is 0 Å². The van der Waals surface area contributed by atoms with Crippen LogP contribution in [0.1, 0.15) is 33.1 Å². The van der Waals surface area contributed by atoms with Crippen LogP contribution in [0.5, 0.6) is 0 Å². The average molecular weight is 279 g/mol. The predicted molar refractivity (Wildman–Crippen MR) is 79.8 cm³/mol. The van der Waals surface area contributed by atoms with Gasteiger partial charge in [0.1, 0.15) is 0 Å². The Morgan fingerprint density at radius 1 is 1.40 bits per heavy atom. The second-order valence-electron chi connectivity index (χ2n) is 5.22. The highest BCUT2D eigenvalue weighted by Crippen LogP contribution is 2.13. The molecule has 1 aromatic rings. The molecular formula is C14H25N5O. The molecule has 0 radical (unpaired) electrons. The van der Waals surface area contributed by atoms with Gasteiger partial charge in [0.15, 0.2) is 0 Å². The molecule has 1 fully saturated rings. The maximum Gasteiger partial charge on any atom is 0.319 e. The molecule has 1 saturated heterocycles. The molecule has 6 heteroatoms. The zero-order valence-corrected chi connectivity index (χ0v) is 12.4. The number of urea groups is 1. The van der Waals surface area contributed by atoms with E-state index in [9.17, 15) is 4.79 Å². The molecule has 0 aliphatic carbocycles. The van der Waals surface area contributed by atoms with Gasteiger partial charge in [0, 0.05) is 25.3 Å². The van der Waals surface area contributed by atoms with E-state index in [0.717, 1.165) is 31.7 Å². The van der Waals surface area contributed by atoms with Crippen LogP contribution in [-0.4, -0.2) is 46.4 Å². The first-order valence-electron chi connectivity index (χ1n) is 7.54.